The fraction of sp³-hybridized carbons (Fsp3) is 0.214. The smallest absolute Gasteiger partial charge is 0.389 e. The number of hydrogen-bond donors (Lipinski definition) is 3. The highest BCUT2D eigenvalue weighted by atomic mass is 19.4. The zero-order valence-electron chi connectivity index (χ0n) is 20.3. The monoisotopic (exact) mass is 528 g/mol. The molecule has 0 fully saturated rings. The van der Waals surface area contributed by atoms with Crippen LogP contribution in [0.25, 0.3) is 6.08 Å². The van der Waals surface area contributed by atoms with E-state index < -0.39 is 24.5 Å². The van der Waals surface area contributed by atoms with Crippen LogP contribution in [0.5, 0.6) is 11.5 Å². The summed E-state index contributed by atoms with van der Waals surface area (Å²) in [6.07, 6.45) is -3.15. The molecule has 0 saturated carbocycles. The van der Waals surface area contributed by atoms with Gasteiger partial charge in [-0.05, 0) is 84.6 Å². The number of aliphatic carboxylic acids is 1. The standard InChI is InChI=1S/C28H27F3N2O5/c29-28(30,31)11-1-2-12-37-24-9-5-20(6-10-24)27(36)38-25-7-3-18(4-8-25)13-21(26(34)35)14-19-15-22(32)17-23(33)16-19/h3-10,13,15-17H,1-2,11-12,14,32-33H2,(H,34,35)/b21-13+. The maximum atomic E-state index is 12.4. The molecule has 5 N–H and O–H groups in total. The van der Waals surface area contributed by atoms with Crippen molar-refractivity contribution in [3.63, 3.8) is 0 Å². The molecular weight excluding hydrogens is 501 g/mol. The predicted octanol–water partition coefficient (Wildman–Crippen LogP) is 5.89. The molecule has 200 valence electrons. The number of carbonyl (C=O) groups excluding carboxylic acids is 1. The Kier molecular flexibility index (Phi) is 9.37. The average Bonchev–Trinajstić information content (AvgIpc) is 2.83. The number of carboxylic acids is 1. The summed E-state index contributed by atoms with van der Waals surface area (Å²) in [4.78, 5) is 24.2. The number of nitrogen functional groups attached to an aromatic ring is 2. The van der Waals surface area contributed by atoms with Crippen molar-refractivity contribution in [2.24, 2.45) is 0 Å². The Bertz CT molecular complexity index is 1270. The van der Waals surface area contributed by atoms with E-state index >= 15 is 0 Å². The first kappa shape index (κ1) is 28.1. The number of alkyl halides is 3. The first-order valence-electron chi connectivity index (χ1n) is 11.7. The lowest BCUT2D eigenvalue weighted by Crippen LogP contribution is -2.09. The van der Waals surface area contributed by atoms with Crippen LogP contribution < -0.4 is 20.9 Å². The molecule has 0 unspecified atom stereocenters. The maximum Gasteiger partial charge on any atom is 0.389 e. The van der Waals surface area contributed by atoms with Crippen LogP contribution in [0.15, 0.2) is 72.3 Å². The number of hydrogen-bond acceptors (Lipinski definition) is 6. The van der Waals surface area contributed by atoms with E-state index in [0.717, 1.165) is 0 Å². The van der Waals surface area contributed by atoms with Crippen molar-refractivity contribution >= 4 is 29.4 Å². The molecule has 0 radical (unpaired) electrons. The van der Waals surface area contributed by atoms with Gasteiger partial charge in [0.05, 0.1) is 12.2 Å². The van der Waals surface area contributed by atoms with Gasteiger partial charge in [0, 0.05) is 29.8 Å². The van der Waals surface area contributed by atoms with Gasteiger partial charge in [0.1, 0.15) is 11.5 Å². The van der Waals surface area contributed by atoms with Crippen LogP contribution in [-0.4, -0.2) is 29.8 Å². The first-order valence-corrected chi connectivity index (χ1v) is 11.7. The van der Waals surface area contributed by atoms with Crippen LogP contribution in [0.4, 0.5) is 24.5 Å². The molecule has 3 rings (SSSR count). The van der Waals surface area contributed by atoms with Crippen molar-refractivity contribution in [2.45, 2.75) is 31.9 Å². The summed E-state index contributed by atoms with van der Waals surface area (Å²) in [5.41, 5.74) is 14.1. The number of esters is 1. The van der Waals surface area contributed by atoms with Crippen LogP contribution in [0.1, 0.15) is 40.7 Å². The molecule has 0 amide bonds. The Morgan fingerprint density at radius 1 is 0.868 bits per heavy atom. The van der Waals surface area contributed by atoms with Gasteiger partial charge in [-0.1, -0.05) is 12.1 Å². The molecule has 3 aromatic rings. The minimum Gasteiger partial charge on any atom is -0.494 e. The number of halogens is 3. The summed E-state index contributed by atoms with van der Waals surface area (Å²) < 4.78 is 47.3. The van der Waals surface area contributed by atoms with Gasteiger partial charge in [0.25, 0.3) is 0 Å². The van der Waals surface area contributed by atoms with Crippen molar-refractivity contribution in [3.8, 4) is 11.5 Å². The summed E-state index contributed by atoms with van der Waals surface area (Å²) in [6.45, 7) is 0.137. The second-order valence-electron chi connectivity index (χ2n) is 8.56. The Morgan fingerprint density at radius 2 is 1.47 bits per heavy atom. The molecule has 0 saturated heterocycles. The number of benzene rings is 3. The van der Waals surface area contributed by atoms with Gasteiger partial charge >= 0.3 is 18.1 Å². The van der Waals surface area contributed by atoms with E-state index in [0.29, 0.717) is 28.3 Å². The summed E-state index contributed by atoms with van der Waals surface area (Å²) in [6, 6.07) is 17.3. The lowest BCUT2D eigenvalue weighted by atomic mass is 10.0. The number of rotatable bonds is 11. The summed E-state index contributed by atoms with van der Waals surface area (Å²) in [7, 11) is 0. The minimum absolute atomic E-state index is 0.0165. The second-order valence-corrected chi connectivity index (χ2v) is 8.56. The molecule has 0 aliphatic heterocycles. The van der Waals surface area contributed by atoms with Gasteiger partial charge in [-0.3, -0.25) is 0 Å². The highest BCUT2D eigenvalue weighted by Gasteiger charge is 2.25. The molecule has 0 bridgehead atoms. The third kappa shape index (κ3) is 9.20. The summed E-state index contributed by atoms with van der Waals surface area (Å²) in [5.74, 6) is -1.01. The molecule has 0 aromatic heterocycles. The lowest BCUT2D eigenvalue weighted by Gasteiger charge is -2.09. The van der Waals surface area contributed by atoms with Crippen LogP contribution in [0.2, 0.25) is 0 Å². The predicted molar refractivity (Wildman–Crippen MR) is 138 cm³/mol. The average molecular weight is 529 g/mol. The van der Waals surface area contributed by atoms with Gasteiger partial charge in [-0.2, -0.15) is 13.2 Å². The highest BCUT2D eigenvalue weighted by molar-refractivity contribution is 5.93. The topological polar surface area (TPSA) is 125 Å². The number of nitrogens with two attached hydrogens (primary N) is 2. The lowest BCUT2D eigenvalue weighted by molar-refractivity contribution is -0.136. The normalized spacial score (nSPS) is 11.7. The number of carboxylic acid groups (broad SMARTS) is 1. The van der Waals surface area contributed by atoms with Crippen LogP contribution in [0.3, 0.4) is 0 Å². The second kappa shape index (κ2) is 12.7. The number of unbranched alkanes of at least 4 members (excludes halogenated alkanes) is 1. The van der Waals surface area contributed by atoms with E-state index in [2.05, 4.69) is 0 Å². The van der Waals surface area contributed by atoms with E-state index in [1.165, 1.54) is 30.3 Å². The van der Waals surface area contributed by atoms with Crippen molar-refractivity contribution < 1.29 is 37.3 Å². The third-order valence-corrected chi connectivity index (χ3v) is 5.35. The SMILES string of the molecule is Nc1cc(N)cc(C/C(=C\c2ccc(OC(=O)c3ccc(OCCCCC(F)(F)F)cc3)cc2)C(=O)O)c1. The van der Waals surface area contributed by atoms with Crippen molar-refractivity contribution in [2.75, 3.05) is 18.1 Å². The Hall–Kier alpha value is -4.47. The van der Waals surface area contributed by atoms with E-state index in [1.54, 1.807) is 42.5 Å². The molecule has 38 heavy (non-hydrogen) atoms. The molecule has 7 nitrogen and oxygen atoms in total. The van der Waals surface area contributed by atoms with Crippen molar-refractivity contribution in [1.29, 1.82) is 0 Å². The largest absolute Gasteiger partial charge is 0.494 e. The first-order chi connectivity index (χ1) is 18.0. The Balaban J connectivity index is 1.56. The summed E-state index contributed by atoms with van der Waals surface area (Å²) >= 11 is 0. The molecule has 0 atom stereocenters. The molecular formula is C28H27F3N2O5. The third-order valence-electron chi connectivity index (χ3n) is 5.35. The van der Waals surface area contributed by atoms with Crippen LogP contribution in [-0.2, 0) is 11.2 Å². The van der Waals surface area contributed by atoms with Gasteiger partial charge in [-0.25, -0.2) is 9.59 Å². The zero-order chi connectivity index (χ0) is 27.7. The van der Waals surface area contributed by atoms with E-state index in [1.807, 2.05) is 0 Å². The number of carbonyl (C=O) groups is 2. The van der Waals surface area contributed by atoms with Crippen LogP contribution >= 0.6 is 0 Å². The van der Waals surface area contributed by atoms with Crippen LogP contribution in [0, 0.1) is 0 Å². The number of anilines is 2. The van der Waals surface area contributed by atoms with E-state index in [-0.39, 0.29) is 42.8 Å². The maximum absolute atomic E-state index is 12.4. The fourth-order valence-corrected chi connectivity index (χ4v) is 3.56. The van der Waals surface area contributed by atoms with Gasteiger partial charge in [-0.15, -0.1) is 0 Å². The molecule has 0 aliphatic carbocycles. The van der Waals surface area contributed by atoms with Gasteiger partial charge in [0.2, 0.25) is 0 Å². The number of ether oxygens (including phenoxy) is 2. The molecule has 0 heterocycles. The molecule has 0 spiro atoms. The molecule has 3 aromatic carbocycles. The minimum atomic E-state index is -4.17. The Morgan fingerprint density at radius 3 is 2.05 bits per heavy atom. The van der Waals surface area contributed by atoms with Crippen molar-refractivity contribution in [1.82, 2.24) is 0 Å². The fourth-order valence-electron chi connectivity index (χ4n) is 3.56. The van der Waals surface area contributed by atoms with E-state index in [4.69, 9.17) is 20.9 Å². The quantitative estimate of drug-likeness (QED) is 0.0931. The Labute approximate surface area is 217 Å². The summed E-state index contributed by atoms with van der Waals surface area (Å²) in [5, 5.41) is 9.60. The molecule has 10 heteroatoms. The zero-order valence-corrected chi connectivity index (χ0v) is 20.3. The molecule has 0 aliphatic rings. The van der Waals surface area contributed by atoms with Gasteiger partial charge < -0.3 is 26.0 Å². The van der Waals surface area contributed by atoms with Crippen molar-refractivity contribution in [3.05, 3.63) is 89.0 Å². The highest BCUT2D eigenvalue weighted by Crippen LogP contribution is 2.23. The van der Waals surface area contributed by atoms with Gasteiger partial charge in [0.15, 0.2) is 0 Å². The van der Waals surface area contributed by atoms with E-state index in [9.17, 15) is 27.9 Å².